The summed E-state index contributed by atoms with van der Waals surface area (Å²) in [4.78, 5) is 19.1. The van der Waals surface area contributed by atoms with Crippen LogP contribution in [0.25, 0.3) is 10.9 Å². The van der Waals surface area contributed by atoms with E-state index in [9.17, 15) is 18.0 Å². The summed E-state index contributed by atoms with van der Waals surface area (Å²) in [6, 6.07) is 20.5. The van der Waals surface area contributed by atoms with E-state index in [2.05, 4.69) is 4.98 Å². The molecule has 0 radical (unpaired) electrons. The molecular weight excluding hydrogens is 469 g/mol. The first-order valence-electron chi connectivity index (χ1n) is 11.4. The molecule has 1 aromatic heterocycles. The maximum atomic E-state index is 13.4. The van der Waals surface area contributed by atoms with Gasteiger partial charge in [0.2, 0.25) is 0 Å². The maximum Gasteiger partial charge on any atom is 0.416 e. The van der Waals surface area contributed by atoms with Crippen LogP contribution in [0, 0.1) is 0 Å². The van der Waals surface area contributed by atoms with E-state index >= 15 is 0 Å². The lowest BCUT2D eigenvalue weighted by Crippen LogP contribution is -2.25. The van der Waals surface area contributed by atoms with Crippen LogP contribution in [0.3, 0.4) is 0 Å². The molecule has 5 nitrogen and oxygen atoms in total. The van der Waals surface area contributed by atoms with Crippen molar-refractivity contribution >= 4 is 22.6 Å². The van der Waals surface area contributed by atoms with Crippen LogP contribution in [0.4, 0.5) is 18.9 Å². The number of esters is 1. The molecule has 0 fully saturated rings. The number of carbonyl (C=O) groups is 1. The van der Waals surface area contributed by atoms with Crippen LogP contribution in [0.15, 0.2) is 79.0 Å². The van der Waals surface area contributed by atoms with Crippen LogP contribution in [0.5, 0.6) is 5.75 Å². The van der Waals surface area contributed by atoms with Crippen molar-refractivity contribution in [2.45, 2.75) is 26.2 Å². The Morgan fingerprint density at radius 2 is 1.61 bits per heavy atom. The molecule has 0 unspecified atom stereocenters. The third kappa shape index (κ3) is 5.59. The molecule has 4 aromatic rings. The molecule has 8 heteroatoms. The van der Waals surface area contributed by atoms with Gasteiger partial charge in [-0.25, -0.2) is 4.79 Å². The number of rotatable bonds is 8. The van der Waals surface area contributed by atoms with E-state index in [4.69, 9.17) is 9.47 Å². The Labute approximate surface area is 207 Å². The predicted octanol–water partition coefficient (Wildman–Crippen LogP) is 6.65. The van der Waals surface area contributed by atoms with Gasteiger partial charge in [-0.05, 0) is 42.3 Å². The lowest BCUT2D eigenvalue weighted by Gasteiger charge is -2.28. The molecule has 0 aliphatic carbocycles. The highest BCUT2D eigenvalue weighted by atomic mass is 19.4. The fourth-order valence-corrected chi connectivity index (χ4v) is 4.02. The largest absolute Gasteiger partial charge is 0.497 e. The van der Waals surface area contributed by atoms with Crippen LogP contribution >= 0.6 is 0 Å². The molecule has 0 saturated carbocycles. The number of carbonyl (C=O) groups excluding carboxylic acids is 1. The number of nitrogens with zero attached hydrogens (tertiary/aromatic N) is 2. The van der Waals surface area contributed by atoms with Gasteiger partial charge in [-0.1, -0.05) is 48.5 Å². The summed E-state index contributed by atoms with van der Waals surface area (Å²) in [5, 5.41) is 0.429. The number of benzene rings is 3. The first-order valence-corrected chi connectivity index (χ1v) is 11.4. The van der Waals surface area contributed by atoms with Crippen LogP contribution < -0.4 is 9.64 Å². The highest BCUT2D eigenvalue weighted by molar-refractivity contribution is 6.05. The highest BCUT2D eigenvalue weighted by Crippen LogP contribution is 2.36. The van der Waals surface area contributed by atoms with Crippen molar-refractivity contribution in [1.82, 2.24) is 4.98 Å². The van der Waals surface area contributed by atoms with Crippen LogP contribution in [-0.4, -0.2) is 24.7 Å². The number of ether oxygens (including phenoxy) is 2. The quantitative estimate of drug-likeness (QED) is 0.257. The summed E-state index contributed by atoms with van der Waals surface area (Å²) in [6.07, 6.45) is -3.22. The van der Waals surface area contributed by atoms with Crippen molar-refractivity contribution in [3.05, 3.63) is 101 Å². The summed E-state index contributed by atoms with van der Waals surface area (Å²) in [6.45, 7) is 2.63. The maximum absolute atomic E-state index is 13.4. The van der Waals surface area contributed by atoms with E-state index in [0.717, 1.165) is 23.3 Å². The molecule has 0 saturated heterocycles. The normalized spacial score (nSPS) is 11.4. The number of anilines is 1. The SMILES string of the molecule is CCOC(=O)c1cnc2cc(C(F)(F)F)ccc2c1N(Cc1ccccc1)Cc1ccc(OC)cc1. The topological polar surface area (TPSA) is 51.7 Å². The van der Waals surface area contributed by atoms with E-state index in [1.54, 1.807) is 14.0 Å². The van der Waals surface area contributed by atoms with Gasteiger partial charge in [0, 0.05) is 24.7 Å². The molecule has 0 aliphatic rings. The minimum absolute atomic E-state index is 0.140. The summed E-state index contributed by atoms with van der Waals surface area (Å²) in [5.74, 6) is 0.115. The Bertz CT molecular complexity index is 1340. The van der Waals surface area contributed by atoms with Crippen LogP contribution in [0.2, 0.25) is 0 Å². The minimum Gasteiger partial charge on any atom is -0.497 e. The smallest absolute Gasteiger partial charge is 0.416 e. The van der Waals surface area contributed by atoms with Gasteiger partial charge in [-0.15, -0.1) is 0 Å². The average Bonchev–Trinajstić information content (AvgIpc) is 2.88. The van der Waals surface area contributed by atoms with Crippen molar-refractivity contribution in [3.8, 4) is 5.75 Å². The van der Waals surface area contributed by atoms with E-state index in [-0.39, 0.29) is 17.7 Å². The van der Waals surface area contributed by atoms with E-state index < -0.39 is 17.7 Å². The third-order valence-electron chi connectivity index (χ3n) is 5.73. The second-order valence-electron chi connectivity index (χ2n) is 8.16. The van der Waals surface area contributed by atoms with Gasteiger partial charge in [-0.2, -0.15) is 13.2 Å². The minimum atomic E-state index is -4.51. The number of fused-ring (bicyclic) bond motifs is 1. The van der Waals surface area contributed by atoms with Crippen molar-refractivity contribution in [2.24, 2.45) is 0 Å². The van der Waals surface area contributed by atoms with Crippen molar-refractivity contribution < 1.29 is 27.4 Å². The van der Waals surface area contributed by atoms with Crippen molar-refractivity contribution in [1.29, 1.82) is 0 Å². The highest BCUT2D eigenvalue weighted by Gasteiger charge is 2.31. The number of hydrogen-bond donors (Lipinski definition) is 0. The lowest BCUT2D eigenvalue weighted by atomic mass is 10.0. The first kappa shape index (κ1) is 25.0. The van der Waals surface area contributed by atoms with Crippen LogP contribution in [0.1, 0.15) is 34.0 Å². The summed E-state index contributed by atoms with van der Waals surface area (Å²) in [7, 11) is 1.58. The Balaban J connectivity index is 1.90. The number of hydrogen-bond acceptors (Lipinski definition) is 5. The van der Waals surface area contributed by atoms with Gasteiger partial charge < -0.3 is 14.4 Å². The Hall–Kier alpha value is -4.07. The van der Waals surface area contributed by atoms with Gasteiger partial charge in [0.15, 0.2) is 0 Å². The Morgan fingerprint density at radius 1 is 0.944 bits per heavy atom. The number of alkyl halides is 3. The fourth-order valence-electron chi connectivity index (χ4n) is 4.02. The molecule has 1 heterocycles. The predicted molar refractivity (Wildman–Crippen MR) is 132 cm³/mol. The number of pyridine rings is 1. The molecule has 186 valence electrons. The zero-order chi connectivity index (χ0) is 25.7. The molecular formula is C28H25F3N2O3. The number of aromatic nitrogens is 1. The summed E-state index contributed by atoms with van der Waals surface area (Å²) in [5.41, 5.74) is 1.89. The standard InChI is InChI=1S/C28H25F3N2O3/c1-3-36-27(34)24-16-32-25-15-21(28(29,30)31)11-14-23(25)26(24)33(17-19-7-5-4-6-8-19)18-20-9-12-22(35-2)13-10-20/h4-16H,3,17-18H2,1-2H3. The first-order chi connectivity index (χ1) is 17.3. The van der Waals surface area contributed by atoms with Gasteiger partial charge in [0.05, 0.1) is 30.5 Å². The van der Waals surface area contributed by atoms with Crippen molar-refractivity contribution in [2.75, 3.05) is 18.6 Å². The Morgan fingerprint density at radius 3 is 2.22 bits per heavy atom. The van der Waals surface area contributed by atoms with Gasteiger partial charge >= 0.3 is 12.1 Å². The number of halogens is 3. The molecule has 0 aliphatic heterocycles. The van der Waals surface area contributed by atoms with E-state index in [0.29, 0.717) is 29.9 Å². The van der Waals surface area contributed by atoms with E-state index in [1.807, 2.05) is 59.5 Å². The van der Waals surface area contributed by atoms with Crippen LogP contribution in [-0.2, 0) is 24.0 Å². The molecule has 0 bridgehead atoms. The van der Waals surface area contributed by atoms with Gasteiger partial charge in [0.25, 0.3) is 0 Å². The zero-order valence-corrected chi connectivity index (χ0v) is 19.9. The summed E-state index contributed by atoms with van der Waals surface area (Å²) < 4.78 is 50.7. The molecule has 0 N–H and O–H groups in total. The zero-order valence-electron chi connectivity index (χ0n) is 19.9. The summed E-state index contributed by atoms with van der Waals surface area (Å²) >= 11 is 0. The fraction of sp³-hybridized carbons (Fsp3) is 0.214. The molecule has 0 atom stereocenters. The average molecular weight is 495 g/mol. The molecule has 4 rings (SSSR count). The third-order valence-corrected chi connectivity index (χ3v) is 5.73. The van der Waals surface area contributed by atoms with E-state index in [1.165, 1.54) is 12.3 Å². The van der Waals surface area contributed by atoms with Gasteiger partial charge in [-0.3, -0.25) is 4.98 Å². The number of methoxy groups -OCH3 is 1. The molecule has 36 heavy (non-hydrogen) atoms. The second-order valence-corrected chi connectivity index (χ2v) is 8.16. The molecule has 0 amide bonds. The molecule has 0 spiro atoms. The monoisotopic (exact) mass is 494 g/mol. The Kier molecular flexibility index (Phi) is 7.43. The molecule has 3 aromatic carbocycles. The van der Waals surface area contributed by atoms with Gasteiger partial charge in [0.1, 0.15) is 11.3 Å². The van der Waals surface area contributed by atoms with Crippen molar-refractivity contribution in [3.63, 3.8) is 0 Å². The lowest BCUT2D eigenvalue weighted by molar-refractivity contribution is -0.137. The second kappa shape index (κ2) is 10.7.